The molecule has 6 nitrogen and oxygen atoms in total. The molecule has 1 aromatic rings. The minimum atomic E-state index is -0.676. The summed E-state index contributed by atoms with van der Waals surface area (Å²) in [5.74, 6) is -1.20. The molecular formula is C8H8ClN3O3. The van der Waals surface area contributed by atoms with E-state index in [0.717, 1.165) is 0 Å². The molecular weight excluding hydrogens is 222 g/mol. The van der Waals surface area contributed by atoms with Crippen LogP contribution in [0.1, 0.15) is 10.4 Å². The second kappa shape index (κ2) is 5.28. The molecule has 0 unspecified atom stereocenters. The van der Waals surface area contributed by atoms with Crippen molar-refractivity contribution in [3.05, 3.63) is 29.0 Å². The number of nitrogens with zero attached hydrogens (tertiary/aromatic N) is 1. The van der Waals surface area contributed by atoms with E-state index in [2.05, 4.69) is 9.82 Å². The molecule has 0 saturated heterocycles. The van der Waals surface area contributed by atoms with Crippen LogP contribution >= 0.6 is 11.6 Å². The summed E-state index contributed by atoms with van der Waals surface area (Å²) in [5.41, 5.74) is 7.09. The lowest BCUT2D eigenvalue weighted by atomic mass is 10.3. The SMILES string of the molecule is NC(=O)CONC(=O)c1ccc(Cl)nc1. The van der Waals surface area contributed by atoms with E-state index in [1.165, 1.54) is 18.3 Å². The van der Waals surface area contributed by atoms with Crippen LogP contribution in [0.4, 0.5) is 0 Å². The predicted molar refractivity (Wildman–Crippen MR) is 51.9 cm³/mol. The van der Waals surface area contributed by atoms with Crippen molar-refractivity contribution in [1.82, 2.24) is 10.5 Å². The number of amides is 2. The largest absolute Gasteiger partial charge is 0.368 e. The summed E-state index contributed by atoms with van der Waals surface area (Å²) in [6.07, 6.45) is 1.28. The van der Waals surface area contributed by atoms with Crippen molar-refractivity contribution in [2.45, 2.75) is 0 Å². The highest BCUT2D eigenvalue weighted by Crippen LogP contribution is 2.04. The van der Waals surface area contributed by atoms with Crippen molar-refractivity contribution in [3.8, 4) is 0 Å². The van der Waals surface area contributed by atoms with E-state index in [-0.39, 0.29) is 17.3 Å². The van der Waals surface area contributed by atoms with Crippen molar-refractivity contribution >= 4 is 23.4 Å². The number of nitrogens with one attached hydrogen (secondary N) is 1. The van der Waals surface area contributed by atoms with Crippen molar-refractivity contribution in [1.29, 1.82) is 0 Å². The zero-order valence-electron chi connectivity index (χ0n) is 7.57. The molecule has 0 aromatic carbocycles. The van der Waals surface area contributed by atoms with Gasteiger partial charge in [-0.15, -0.1) is 0 Å². The quantitative estimate of drug-likeness (QED) is 0.556. The number of carbonyl (C=O) groups excluding carboxylic acids is 2. The van der Waals surface area contributed by atoms with Gasteiger partial charge in [-0.3, -0.25) is 14.4 Å². The number of carbonyl (C=O) groups is 2. The molecule has 1 heterocycles. The van der Waals surface area contributed by atoms with E-state index in [1.54, 1.807) is 0 Å². The van der Waals surface area contributed by atoms with Gasteiger partial charge in [-0.1, -0.05) is 11.6 Å². The van der Waals surface area contributed by atoms with Crippen LogP contribution in [-0.2, 0) is 9.63 Å². The Hall–Kier alpha value is -1.66. The highest BCUT2D eigenvalue weighted by molar-refractivity contribution is 6.29. The Labute approximate surface area is 90.3 Å². The summed E-state index contributed by atoms with van der Waals surface area (Å²) in [5, 5.41) is 0.282. The van der Waals surface area contributed by atoms with Gasteiger partial charge in [-0.2, -0.15) is 0 Å². The molecule has 3 N–H and O–H groups in total. The monoisotopic (exact) mass is 229 g/mol. The fraction of sp³-hybridized carbons (Fsp3) is 0.125. The highest BCUT2D eigenvalue weighted by Gasteiger charge is 2.06. The van der Waals surface area contributed by atoms with Gasteiger partial charge >= 0.3 is 0 Å². The molecule has 80 valence electrons. The molecule has 2 amide bonds. The summed E-state index contributed by atoms with van der Waals surface area (Å²) in [6, 6.07) is 2.93. The number of pyridine rings is 1. The van der Waals surface area contributed by atoms with Gasteiger partial charge in [0.1, 0.15) is 5.15 Å². The average molecular weight is 230 g/mol. The van der Waals surface area contributed by atoms with E-state index in [0.29, 0.717) is 0 Å². The Morgan fingerprint density at radius 1 is 1.53 bits per heavy atom. The second-order valence-corrected chi connectivity index (χ2v) is 2.94. The Balaban J connectivity index is 2.47. The van der Waals surface area contributed by atoms with Gasteiger partial charge in [0.2, 0.25) is 5.91 Å². The van der Waals surface area contributed by atoms with Crippen LogP contribution in [-0.4, -0.2) is 23.4 Å². The maximum absolute atomic E-state index is 11.3. The van der Waals surface area contributed by atoms with Gasteiger partial charge < -0.3 is 5.73 Å². The lowest BCUT2D eigenvalue weighted by molar-refractivity contribution is -0.124. The summed E-state index contributed by atoms with van der Waals surface area (Å²) < 4.78 is 0. The molecule has 0 spiro atoms. The fourth-order valence-corrected chi connectivity index (χ4v) is 0.854. The summed E-state index contributed by atoms with van der Waals surface area (Å²) in [6.45, 7) is -0.382. The molecule has 0 aliphatic carbocycles. The number of aromatic nitrogens is 1. The summed E-state index contributed by atoms with van der Waals surface area (Å²) in [4.78, 5) is 29.8. The molecule has 7 heteroatoms. The Morgan fingerprint density at radius 2 is 2.27 bits per heavy atom. The number of hydroxylamine groups is 1. The van der Waals surface area contributed by atoms with Crippen molar-refractivity contribution < 1.29 is 14.4 Å². The number of nitrogens with two attached hydrogens (primary N) is 1. The maximum Gasteiger partial charge on any atom is 0.276 e. The first kappa shape index (κ1) is 11.4. The molecule has 1 rings (SSSR count). The smallest absolute Gasteiger partial charge is 0.276 e. The van der Waals surface area contributed by atoms with Crippen LogP contribution in [0.5, 0.6) is 0 Å². The minimum Gasteiger partial charge on any atom is -0.368 e. The van der Waals surface area contributed by atoms with E-state index in [9.17, 15) is 9.59 Å². The standard InChI is InChI=1S/C8H8ClN3O3/c9-6-2-1-5(3-11-6)8(14)12-15-4-7(10)13/h1-3H,4H2,(H2,10,13)(H,12,14). The summed E-state index contributed by atoms with van der Waals surface area (Å²) >= 11 is 5.53. The van der Waals surface area contributed by atoms with Crippen molar-refractivity contribution in [3.63, 3.8) is 0 Å². The summed E-state index contributed by atoms with van der Waals surface area (Å²) in [7, 11) is 0. The van der Waals surface area contributed by atoms with Crippen LogP contribution in [0.3, 0.4) is 0 Å². The van der Waals surface area contributed by atoms with Gasteiger partial charge in [-0.25, -0.2) is 10.5 Å². The number of halogens is 1. The first-order chi connectivity index (χ1) is 7.09. The van der Waals surface area contributed by atoms with Gasteiger partial charge in [0.25, 0.3) is 5.91 Å². The third-order valence-electron chi connectivity index (χ3n) is 1.37. The normalized spacial score (nSPS) is 9.67. The molecule has 15 heavy (non-hydrogen) atoms. The van der Waals surface area contributed by atoms with Crippen LogP contribution in [0.25, 0.3) is 0 Å². The lowest BCUT2D eigenvalue weighted by Crippen LogP contribution is -2.29. The van der Waals surface area contributed by atoms with Crippen LogP contribution < -0.4 is 11.2 Å². The molecule has 0 aliphatic heterocycles. The van der Waals surface area contributed by atoms with Crippen LogP contribution in [0.15, 0.2) is 18.3 Å². The first-order valence-electron chi connectivity index (χ1n) is 3.91. The number of hydrogen-bond acceptors (Lipinski definition) is 4. The van der Waals surface area contributed by atoms with E-state index in [4.69, 9.17) is 17.3 Å². The molecule has 0 radical (unpaired) electrons. The van der Waals surface area contributed by atoms with E-state index in [1.807, 2.05) is 5.48 Å². The highest BCUT2D eigenvalue weighted by atomic mass is 35.5. The van der Waals surface area contributed by atoms with E-state index < -0.39 is 11.8 Å². The number of rotatable bonds is 4. The number of hydrogen-bond donors (Lipinski definition) is 2. The third-order valence-corrected chi connectivity index (χ3v) is 1.59. The lowest BCUT2D eigenvalue weighted by Gasteiger charge is -2.03. The zero-order valence-corrected chi connectivity index (χ0v) is 8.32. The van der Waals surface area contributed by atoms with E-state index >= 15 is 0 Å². The Kier molecular flexibility index (Phi) is 4.02. The minimum absolute atomic E-state index is 0.267. The van der Waals surface area contributed by atoms with Crippen LogP contribution in [0, 0.1) is 0 Å². The van der Waals surface area contributed by atoms with Crippen molar-refractivity contribution in [2.24, 2.45) is 5.73 Å². The van der Waals surface area contributed by atoms with Gasteiger partial charge in [0.05, 0.1) is 5.56 Å². The molecule has 0 atom stereocenters. The predicted octanol–water partition coefficient (Wildman–Crippen LogP) is -0.118. The number of primary amides is 1. The topological polar surface area (TPSA) is 94.3 Å². The average Bonchev–Trinajstić information content (AvgIpc) is 2.18. The van der Waals surface area contributed by atoms with Gasteiger partial charge in [-0.05, 0) is 12.1 Å². The third kappa shape index (κ3) is 3.92. The van der Waals surface area contributed by atoms with Gasteiger partial charge in [0, 0.05) is 6.20 Å². The Bertz CT molecular complexity index is 366. The second-order valence-electron chi connectivity index (χ2n) is 2.56. The molecule has 0 fully saturated rings. The van der Waals surface area contributed by atoms with Crippen molar-refractivity contribution in [2.75, 3.05) is 6.61 Å². The zero-order chi connectivity index (χ0) is 11.3. The fourth-order valence-electron chi connectivity index (χ4n) is 0.742. The molecule has 0 bridgehead atoms. The molecule has 0 saturated carbocycles. The Morgan fingerprint density at radius 3 is 2.80 bits per heavy atom. The first-order valence-corrected chi connectivity index (χ1v) is 4.29. The van der Waals surface area contributed by atoms with Crippen LogP contribution in [0.2, 0.25) is 5.15 Å². The van der Waals surface area contributed by atoms with Gasteiger partial charge in [0.15, 0.2) is 6.61 Å². The molecule has 1 aromatic heterocycles. The maximum atomic E-state index is 11.3. The molecule has 0 aliphatic rings.